The second-order valence-corrected chi connectivity index (χ2v) is 7.34. The summed E-state index contributed by atoms with van der Waals surface area (Å²) in [6, 6.07) is 4.79. The molecule has 1 atom stereocenters. The van der Waals surface area contributed by atoms with Gasteiger partial charge < -0.3 is 20.4 Å². The molecule has 7 heteroatoms. The van der Waals surface area contributed by atoms with Gasteiger partial charge in [0.2, 0.25) is 0 Å². The molecule has 26 heavy (non-hydrogen) atoms. The minimum absolute atomic E-state index is 0.393. The quantitative estimate of drug-likeness (QED) is 0.465. The maximum absolute atomic E-state index is 13.6. The number of aliphatic hydroxyl groups excluding tert-OH is 1. The molecule has 0 aliphatic heterocycles. The van der Waals surface area contributed by atoms with Crippen molar-refractivity contribution in [3.05, 3.63) is 52.2 Å². The third-order valence-electron chi connectivity index (χ3n) is 4.65. The van der Waals surface area contributed by atoms with Gasteiger partial charge in [0, 0.05) is 35.8 Å². The van der Waals surface area contributed by atoms with Gasteiger partial charge in [-0.15, -0.1) is 0 Å². The van der Waals surface area contributed by atoms with Crippen LogP contribution in [0.1, 0.15) is 37.9 Å². The van der Waals surface area contributed by atoms with Gasteiger partial charge in [0.15, 0.2) is 0 Å². The lowest BCUT2D eigenvalue weighted by atomic mass is 9.93. The molecule has 1 aliphatic carbocycles. The minimum Gasteiger partial charge on any atom is -0.389 e. The number of aliphatic hydroxyl groups is 1. The van der Waals surface area contributed by atoms with Gasteiger partial charge in [-0.05, 0) is 65.9 Å². The van der Waals surface area contributed by atoms with Gasteiger partial charge in [0.05, 0.1) is 17.3 Å². The Kier molecular flexibility index (Phi) is 5.88. The second-order valence-electron chi connectivity index (χ2n) is 6.54. The predicted octanol–water partition coefficient (Wildman–Crippen LogP) is 4.14. The summed E-state index contributed by atoms with van der Waals surface area (Å²) in [5.41, 5.74) is 1.96. The lowest BCUT2D eigenvalue weighted by Crippen LogP contribution is -2.33. The Morgan fingerprint density at radius 2 is 2.31 bits per heavy atom. The number of benzene rings is 1. The van der Waals surface area contributed by atoms with E-state index in [0.717, 1.165) is 23.0 Å². The van der Waals surface area contributed by atoms with Gasteiger partial charge in [0.25, 0.3) is 0 Å². The number of hydrogen-bond acceptors (Lipinski definition) is 4. The summed E-state index contributed by atoms with van der Waals surface area (Å²) >= 11 is 3.55. The summed E-state index contributed by atoms with van der Waals surface area (Å²) in [7, 11) is 0. The highest BCUT2D eigenvalue weighted by Gasteiger charge is 2.19. The van der Waals surface area contributed by atoms with Crippen molar-refractivity contribution in [2.24, 2.45) is 0 Å². The van der Waals surface area contributed by atoms with E-state index in [1.165, 1.54) is 24.8 Å². The number of imidazole rings is 1. The molecule has 3 rings (SSSR count). The number of hydrogen-bond donors (Lipinski definition) is 3. The summed E-state index contributed by atoms with van der Waals surface area (Å²) in [6.45, 7) is 2.04. The van der Waals surface area contributed by atoms with Gasteiger partial charge >= 0.3 is 0 Å². The highest BCUT2D eigenvalue weighted by Crippen LogP contribution is 2.29. The van der Waals surface area contributed by atoms with E-state index in [1.807, 2.05) is 10.8 Å². The Labute approximate surface area is 160 Å². The van der Waals surface area contributed by atoms with E-state index in [9.17, 15) is 9.50 Å². The first-order valence-electron chi connectivity index (χ1n) is 8.64. The van der Waals surface area contributed by atoms with Crippen LogP contribution >= 0.6 is 15.9 Å². The van der Waals surface area contributed by atoms with Crippen molar-refractivity contribution in [3.63, 3.8) is 0 Å². The molecule has 1 aromatic heterocycles. The Hall–Kier alpha value is -1.99. The fourth-order valence-electron chi connectivity index (χ4n) is 2.95. The van der Waals surface area contributed by atoms with Crippen LogP contribution in [0.4, 0.5) is 4.39 Å². The number of nitrogens with one attached hydrogen (secondary N) is 2. The van der Waals surface area contributed by atoms with Crippen molar-refractivity contribution < 1.29 is 9.50 Å². The molecular weight excluding hydrogens is 399 g/mol. The van der Waals surface area contributed by atoms with Crippen LogP contribution in [0.15, 0.2) is 40.8 Å². The maximum atomic E-state index is 13.6. The zero-order valence-electron chi connectivity index (χ0n) is 14.5. The van der Waals surface area contributed by atoms with Crippen molar-refractivity contribution >= 4 is 22.1 Å². The zero-order valence-corrected chi connectivity index (χ0v) is 16.1. The molecule has 3 N–H and O–H groups in total. The molecule has 1 saturated carbocycles. The van der Waals surface area contributed by atoms with Crippen LogP contribution < -0.4 is 5.32 Å². The average molecular weight is 421 g/mol. The fourth-order valence-corrected chi connectivity index (χ4v) is 3.51. The largest absolute Gasteiger partial charge is 0.389 e. The SMILES string of the molecule is CC(O)c1cc(F)ccc1-c1nccn1C/C(C=N)=C(\Br)NC1CCC1. The van der Waals surface area contributed by atoms with Crippen molar-refractivity contribution in [2.45, 2.75) is 44.9 Å². The standard InChI is InChI=1S/C19H22BrFN4O/c1-12(26)17-9-14(21)5-6-16(17)19-23-7-8-25(19)11-13(10-22)18(20)24-15-3-2-4-15/h5-10,12,15,22,24,26H,2-4,11H2,1H3/b18-13+,22-10?. The van der Waals surface area contributed by atoms with Crippen LogP contribution in [0.25, 0.3) is 11.4 Å². The van der Waals surface area contributed by atoms with E-state index in [0.29, 0.717) is 29.5 Å². The van der Waals surface area contributed by atoms with E-state index >= 15 is 0 Å². The average Bonchev–Trinajstić information content (AvgIpc) is 3.03. The van der Waals surface area contributed by atoms with Crippen LogP contribution in [0.3, 0.4) is 0 Å². The maximum Gasteiger partial charge on any atom is 0.140 e. The Bertz CT molecular complexity index is 827. The third-order valence-corrected chi connectivity index (χ3v) is 5.39. The van der Waals surface area contributed by atoms with Crippen molar-refractivity contribution in [2.75, 3.05) is 0 Å². The van der Waals surface area contributed by atoms with E-state index in [1.54, 1.807) is 19.2 Å². The molecule has 0 bridgehead atoms. The monoisotopic (exact) mass is 420 g/mol. The lowest BCUT2D eigenvalue weighted by molar-refractivity contribution is 0.199. The summed E-state index contributed by atoms with van der Waals surface area (Å²) < 4.78 is 16.3. The second kappa shape index (κ2) is 8.14. The molecule has 5 nitrogen and oxygen atoms in total. The number of rotatable bonds is 7. The summed E-state index contributed by atoms with van der Waals surface area (Å²) in [4.78, 5) is 4.39. The number of allylic oxidation sites excluding steroid dienone is 1. The molecule has 0 radical (unpaired) electrons. The Balaban J connectivity index is 1.91. The molecule has 138 valence electrons. The number of halogens is 2. The number of aromatic nitrogens is 2. The Morgan fingerprint density at radius 1 is 1.54 bits per heavy atom. The first kappa shape index (κ1) is 18.8. The van der Waals surface area contributed by atoms with E-state index in [4.69, 9.17) is 5.41 Å². The smallest absolute Gasteiger partial charge is 0.140 e. The topological polar surface area (TPSA) is 73.9 Å². The molecule has 1 fully saturated rings. The molecule has 1 aromatic carbocycles. The fraction of sp³-hybridized carbons (Fsp3) is 0.368. The summed E-state index contributed by atoms with van der Waals surface area (Å²) in [6.07, 6.45) is 7.51. The summed E-state index contributed by atoms with van der Waals surface area (Å²) in [5.74, 6) is 0.236. The molecule has 0 saturated heterocycles. The molecule has 0 spiro atoms. The molecule has 0 amide bonds. The van der Waals surface area contributed by atoms with Gasteiger partial charge in [-0.1, -0.05) is 0 Å². The highest BCUT2D eigenvalue weighted by atomic mass is 79.9. The van der Waals surface area contributed by atoms with E-state index in [2.05, 4.69) is 26.2 Å². The Morgan fingerprint density at radius 3 is 2.92 bits per heavy atom. The van der Waals surface area contributed by atoms with Crippen LogP contribution in [0.5, 0.6) is 0 Å². The molecular formula is C19H22BrFN4O. The molecule has 2 aromatic rings. The first-order valence-corrected chi connectivity index (χ1v) is 9.43. The highest BCUT2D eigenvalue weighted by molar-refractivity contribution is 9.11. The van der Waals surface area contributed by atoms with Crippen LogP contribution in [0, 0.1) is 11.2 Å². The van der Waals surface area contributed by atoms with Crippen LogP contribution in [0.2, 0.25) is 0 Å². The zero-order chi connectivity index (χ0) is 18.7. The van der Waals surface area contributed by atoms with Crippen LogP contribution in [-0.2, 0) is 6.54 Å². The minimum atomic E-state index is -0.810. The normalized spacial score (nSPS) is 16.6. The van der Waals surface area contributed by atoms with Gasteiger partial charge in [0.1, 0.15) is 11.6 Å². The molecule has 1 unspecified atom stereocenters. The van der Waals surface area contributed by atoms with Crippen LogP contribution in [-0.4, -0.2) is 26.9 Å². The van der Waals surface area contributed by atoms with Gasteiger partial charge in [-0.3, -0.25) is 0 Å². The third kappa shape index (κ3) is 4.04. The van der Waals surface area contributed by atoms with E-state index in [-0.39, 0.29) is 0 Å². The van der Waals surface area contributed by atoms with E-state index < -0.39 is 11.9 Å². The van der Waals surface area contributed by atoms with Crippen molar-refractivity contribution in [1.29, 1.82) is 5.41 Å². The summed E-state index contributed by atoms with van der Waals surface area (Å²) in [5, 5.41) is 21.1. The first-order chi connectivity index (χ1) is 12.5. The molecule has 1 heterocycles. The van der Waals surface area contributed by atoms with Gasteiger partial charge in [-0.25, -0.2) is 9.37 Å². The van der Waals surface area contributed by atoms with Crippen molar-refractivity contribution in [1.82, 2.24) is 14.9 Å². The molecule has 1 aliphatic rings. The van der Waals surface area contributed by atoms with Gasteiger partial charge in [-0.2, -0.15) is 0 Å². The lowest BCUT2D eigenvalue weighted by Gasteiger charge is -2.28. The predicted molar refractivity (Wildman–Crippen MR) is 104 cm³/mol. The van der Waals surface area contributed by atoms with Crippen molar-refractivity contribution in [3.8, 4) is 11.4 Å². The number of nitrogens with zero attached hydrogens (tertiary/aromatic N) is 2.